The van der Waals surface area contributed by atoms with Crippen LogP contribution in [0.4, 0.5) is 0 Å². The molecule has 0 bridgehead atoms. The minimum Gasteiger partial charge on any atom is -0.420 e. The van der Waals surface area contributed by atoms with E-state index in [1.807, 2.05) is 19.4 Å². The minimum absolute atomic E-state index is 0.0310. The third-order valence-corrected chi connectivity index (χ3v) is 4.93. The third kappa shape index (κ3) is 2.66. The first-order valence-electron chi connectivity index (χ1n) is 8.68. The van der Waals surface area contributed by atoms with Crippen LogP contribution in [0.15, 0.2) is 27.6 Å². The largest absolute Gasteiger partial charge is 0.420 e. The summed E-state index contributed by atoms with van der Waals surface area (Å²) in [5.74, 6) is 1.58. The van der Waals surface area contributed by atoms with Crippen LogP contribution in [0.2, 0.25) is 0 Å². The number of hydrogen-bond acceptors (Lipinski definition) is 7. The molecule has 0 aromatic carbocycles. The fraction of sp³-hybridized carbons (Fsp3) is 0.529. The molecule has 5 rings (SSSR count). The van der Waals surface area contributed by atoms with Crippen molar-refractivity contribution in [1.82, 2.24) is 25.1 Å². The smallest absolute Gasteiger partial charge is 0.252 e. The minimum atomic E-state index is -0.110. The lowest BCUT2D eigenvalue weighted by atomic mass is 9.91. The monoisotopic (exact) mass is 341 g/mol. The van der Waals surface area contributed by atoms with E-state index in [-0.39, 0.29) is 12.0 Å². The molecule has 1 aliphatic heterocycles. The Kier molecular flexibility index (Phi) is 3.44. The molecule has 1 saturated heterocycles. The van der Waals surface area contributed by atoms with Crippen molar-refractivity contribution >= 4 is 0 Å². The van der Waals surface area contributed by atoms with Gasteiger partial charge in [-0.05, 0) is 25.7 Å². The van der Waals surface area contributed by atoms with Gasteiger partial charge in [0.15, 0.2) is 0 Å². The van der Waals surface area contributed by atoms with Gasteiger partial charge in [-0.2, -0.15) is 5.10 Å². The Morgan fingerprint density at radius 3 is 2.92 bits per heavy atom. The number of rotatable bonds is 4. The van der Waals surface area contributed by atoms with Crippen LogP contribution in [-0.2, 0) is 11.8 Å². The first-order valence-corrected chi connectivity index (χ1v) is 8.68. The van der Waals surface area contributed by atoms with Gasteiger partial charge < -0.3 is 13.7 Å². The zero-order valence-electron chi connectivity index (χ0n) is 14.0. The lowest BCUT2D eigenvalue weighted by molar-refractivity contribution is -0.00890. The first kappa shape index (κ1) is 14.8. The molecule has 0 N–H and O–H groups in total. The van der Waals surface area contributed by atoms with Crippen molar-refractivity contribution in [3.05, 3.63) is 35.8 Å². The van der Waals surface area contributed by atoms with Crippen LogP contribution in [0, 0.1) is 0 Å². The SMILES string of the molecule is Cn1cc([C@@H]2OCCC[C@H]2c2nnc(-c3conc3C3CC3)o2)cn1. The van der Waals surface area contributed by atoms with Gasteiger partial charge >= 0.3 is 0 Å². The molecule has 2 fully saturated rings. The van der Waals surface area contributed by atoms with Gasteiger partial charge in [0.05, 0.1) is 23.9 Å². The highest BCUT2D eigenvalue weighted by molar-refractivity contribution is 5.56. The van der Waals surface area contributed by atoms with Gasteiger partial charge in [0.2, 0.25) is 5.89 Å². The second-order valence-corrected chi connectivity index (χ2v) is 6.82. The van der Waals surface area contributed by atoms with Crippen LogP contribution in [0.1, 0.15) is 60.8 Å². The van der Waals surface area contributed by atoms with Crippen molar-refractivity contribution < 1.29 is 13.7 Å². The summed E-state index contributed by atoms with van der Waals surface area (Å²) < 4.78 is 18.9. The highest BCUT2D eigenvalue weighted by Crippen LogP contribution is 2.44. The number of aromatic nitrogens is 5. The van der Waals surface area contributed by atoms with E-state index in [0.29, 0.717) is 17.7 Å². The fourth-order valence-corrected chi connectivity index (χ4v) is 3.50. The van der Waals surface area contributed by atoms with Gasteiger partial charge in [0.25, 0.3) is 5.89 Å². The summed E-state index contributed by atoms with van der Waals surface area (Å²) in [5.41, 5.74) is 2.78. The van der Waals surface area contributed by atoms with Crippen LogP contribution in [-0.4, -0.2) is 31.7 Å². The molecular formula is C17H19N5O3. The van der Waals surface area contributed by atoms with Crippen molar-refractivity contribution in [3.8, 4) is 11.5 Å². The van der Waals surface area contributed by atoms with E-state index in [2.05, 4.69) is 20.5 Å². The van der Waals surface area contributed by atoms with Crippen LogP contribution >= 0.6 is 0 Å². The molecule has 0 spiro atoms. The van der Waals surface area contributed by atoms with Gasteiger partial charge in [-0.3, -0.25) is 4.68 Å². The van der Waals surface area contributed by atoms with Crippen LogP contribution < -0.4 is 0 Å². The summed E-state index contributed by atoms with van der Waals surface area (Å²) in [4.78, 5) is 0. The Morgan fingerprint density at radius 2 is 2.12 bits per heavy atom. The average molecular weight is 341 g/mol. The lowest BCUT2D eigenvalue weighted by Gasteiger charge is -2.28. The molecule has 2 atom stereocenters. The second kappa shape index (κ2) is 5.80. The van der Waals surface area contributed by atoms with Gasteiger partial charge in [-0.15, -0.1) is 10.2 Å². The van der Waals surface area contributed by atoms with Crippen molar-refractivity contribution in [2.24, 2.45) is 7.05 Å². The maximum Gasteiger partial charge on any atom is 0.252 e. The summed E-state index contributed by atoms with van der Waals surface area (Å²) in [6.07, 6.45) is 9.50. The van der Waals surface area contributed by atoms with Crippen molar-refractivity contribution in [2.45, 2.75) is 43.6 Å². The third-order valence-electron chi connectivity index (χ3n) is 4.93. The quantitative estimate of drug-likeness (QED) is 0.720. The molecule has 25 heavy (non-hydrogen) atoms. The Balaban J connectivity index is 1.46. The Bertz CT molecular complexity index is 878. The van der Waals surface area contributed by atoms with Crippen molar-refractivity contribution in [3.63, 3.8) is 0 Å². The molecule has 0 unspecified atom stereocenters. The number of aryl methyl sites for hydroxylation is 1. The highest BCUT2D eigenvalue weighted by atomic mass is 16.5. The molecule has 8 heteroatoms. The summed E-state index contributed by atoms with van der Waals surface area (Å²) in [6, 6.07) is 0. The van der Waals surface area contributed by atoms with Crippen molar-refractivity contribution in [2.75, 3.05) is 6.61 Å². The molecule has 0 radical (unpaired) electrons. The molecule has 0 amide bonds. The van der Waals surface area contributed by atoms with E-state index in [0.717, 1.165) is 49.1 Å². The molecule has 3 aromatic rings. The Morgan fingerprint density at radius 1 is 1.20 bits per heavy atom. The topological polar surface area (TPSA) is 92.0 Å². The molecular weight excluding hydrogens is 322 g/mol. The van der Waals surface area contributed by atoms with Gasteiger partial charge in [-0.25, -0.2) is 0 Å². The van der Waals surface area contributed by atoms with E-state index >= 15 is 0 Å². The van der Waals surface area contributed by atoms with E-state index in [1.54, 1.807) is 10.9 Å². The molecule has 3 aromatic heterocycles. The van der Waals surface area contributed by atoms with E-state index in [4.69, 9.17) is 13.7 Å². The normalized spacial score (nSPS) is 23.9. The highest BCUT2D eigenvalue weighted by Gasteiger charge is 2.35. The maximum absolute atomic E-state index is 6.02. The zero-order chi connectivity index (χ0) is 16.8. The number of ether oxygens (including phenoxy) is 1. The van der Waals surface area contributed by atoms with Gasteiger partial charge in [0, 0.05) is 31.3 Å². The van der Waals surface area contributed by atoms with Gasteiger partial charge in [-0.1, -0.05) is 5.16 Å². The first-order chi connectivity index (χ1) is 12.3. The van der Waals surface area contributed by atoms with Gasteiger partial charge in [0.1, 0.15) is 11.8 Å². The maximum atomic E-state index is 6.02. The van der Waals surface area contributed by atoms with Crippen LogP contribution in [0.25, 0.3) is 11.5 Å². The number of hydrogen-bond donors (Lipinski definition) is 0. The van der Waals surface area contributed by atoms with E-state index in [9.17, 15) is 0 Å². The molecule has 1 saturated carbocycles. The zero-order valence-corrected chi connectivity index (χ0v) is 14.0. The van der Waals surface area contributed by atoms with Crippen molar-refractivity contribution in [1.29, 1.82) is 0 Å². The predicted molar refractivity (Wildman–Crippen MR) is 85.6 cm³/mol. The summed E-state index contributed by atoms with van der Waals surface area (Å²) in [6.45, 7) is 0.731. The Hall–Kier alpha value is -2.48. The summed E-state index contributed by atoms with van der Waals surface area (Å²) >= 11 is 0. The molecule has 8 nitrogen and oxygen atoms in total. The fourth-order valence-electron chi connectivity index (χ4n) is 3.50. The average Bonchev–Trinajstić information content (AvgIpc) is 3.05. The Labute approximate surface area is 144 Å². The molecule has 2 aliphatic rings. The lowest BCUT2D eigenvalue weighted by Crippen LogP contribution is -2.21. The number of nitrogens with zero attached hydrogens (tertiary/aromatic N) is 5. The summed E-state index contributed by atoms with van der Waals surface area (Å²) in [7, 11) is 1.90. The molecule has 4 heterocycles. The standard InChI is InChI=1S/C17H19N5O3/c1-22-8-11(7-18-22)15-12(3-2-6-23-15)16-19-20-17(25-16)13-9-24-21-14(13)10-4-5-10/h7-10,12,15H,2-6H2,1H3/t12-,15+/m1/s1. The second-order valence-electron chi connectivity index (χ2n) is 6.82. The molecule has 130 valence electrons. The van der Waals surface area contributed by atoms with E-state index < -0.39 is 0 Å². The molecule has 1 aliphatic carbocycles. The summed E-state index contributed by atoms with van der Waals surface area (Å²) in [5, 5.41) is 16.9. The van der Waals surface area contributed by atoms with E-state index in [1.165, 1.54) is 0 Å². The van der Waals surface area contributed by atoms with Crippen LogP contribution in [0.5, 0.6) is 0 Å². The predicted octanol–water partition coefficient (Wildman–Crippen LogP) is 2.97. The van der Waals surface area contributed by atoms with Crippen LogP contribution in [0.3, 0.4) is 0 Å².